The Hall–Kier alpha value is -0.980. The monoisotopic (exact) mass is 213 g/mol. The lowest BCUT2D eigenvalue weighted by molar-refractivity contribution is 1.14. The van der Waals surface area contributed by atoms with Crippen molar-refractivity contribution in [2.45, 2.75) is 54.9 Å². The number of hydrogen-bond donors (Lipinski definition) is 1. The third-order valence-corrected chi connectivity index (χ3v) is 1.39. The first-order valence-corrected chi connectivity index (χ1v) is 6.17. The summed E-state index contributed by atoms with van der Waals surface area (Å²) in [4.78, 5) is 0. The first-order chi connectivity index (χ1) is 7.33. The van der Waals surface area contributed by atoms with Gasteiger partial charge >= 0.3 is 0 Å². The van der Waals surface area contributed by atoms with E-state index in [1.807, 2.05) is 53.7 Å². The van der Waals surface area contributed by atoms with Crippen molar-refractivity contribution >= 4 is 5.69 Å². The molecular weight excluding hydrogens is 182 g/mol. The normalized spacial score (nSPS) is 6.87. The Labute approximate surface area is 98.2 Å². The molecule has 2 N–H and O–H groups in total. The summed E-state index contributed by atoms with van der Waals surface area (Å²) in [5.41, 5.74) is 7.66. The molecule has 1 aromatic rings. The summed E-state index contributed by atoms with van der Waals surface area (Å²) in [7, 11) is 0. The van der Waals surface area contributed by atoms with Crippen LogP contribution in [-0.2, 0) is 6.42 Å². The van der Waals surface area contributed by atoms with Gasteiger partial charge in [-0.05, 0) is 24.1 Å². The van der Waals surface area contributed by atoms with Crippen molar-refractivity contribution < 1.29 is 1.43 Å². The molecule has 0 spiro atoms. The van der Waals surface area contributed by atoms with Crippen LogP contribution < -0.4 is 5.73 Å². The van der Waals surface area contributed by atoms with E-state index in [9.17, 15) is 0 Å². The largest absolute Gasteiger partial charge is 0.399 e. The fraction of sp³-hybridized carbons (Fsp3) is 0.571. The molecule has 1 aromatic carbocycles. The van der Waals surface area contributed by atoms with E-state index in [1.54, 1.807) is 0 Å². The van der Waals surface area contributed by atoms with Crippen LogP contribution in [0, 0.1) is 0 Å². The SMILES string of the molecule is CC.CC.CC.CCc1ccc(N)cc1.[HH]. The molecule has 0 aliphatic rings. The molecule has 0 unspecified atom stereocenters. The Morgan fingerprint density at radius 1 is 0.867 bits per heavy atom. The second-order valence-electron chi connectivity index (χ2n) is 2.10. The molecule has 0 aromatic heterocycles. The highest BCUT2D eigenvalue weighted by Crippen LogP contribution is 2.04. The van der Waals surface area contributed by atoms with Gasteiger partial charge in [-0.15, -0.1) is 0 Å². The van der Waals surface area contributed by atoms with Crippen molar-refractivity contribution in [2.75, 3.05) is 5.73 Å². The van der Waals surface area contributed by atoms with Crippen molar-refractivity contribution in [1.82, 2.24) is 0 Å². The third kappa shape index (κ3) is 13.0. The maximum atomic E-state index is 5.48. The van der Waals surface area contributed by atoms with Crippen LogP contribution in [0.4, 0.5) is 5.69 Å². The zero-order valence-corrected chi connectivity index (χ0v) is 11.6. The number of nitrogens with two attached hydrogens (primary N) is 1. The van der Waals surface area contributed by atoms with Crippen LogP contribution in [0.3, 0.4) is 0 Å². The minimum atomic E-state index is 0. The lowest BCUT2D eigenvalue weighted by atomic mass is 10.2. The van der Waals surface area contributed by atoms with Crippen LogP contribution in [0.2, 0.25) is 0 Å². The van der Waals surface area contributed by atoms with Crippen molar-refractivity contribution in [3.63, 3.8) is 0 Å². The number of hydrogen-bond acceptors (Lipinski definition) is 1. The van der Waals surface area contributed by atoms with E-state index in [-0.39, 0.29) is 1.43 Å². The third-order valence-electron chi connectivity index (χ3n) is 1.39. The van der Waals surface area contributed by atoms with Gasteiger partial charge in [0.1, 0.15) is 0 Å². The van der Waals surface area contributed by atoms with Crippen LogP contribution in [0.25, 0.3) is 0 Å². The van der Waals surface area contributed by atoms with Gasteiger partial charge in [0, 0.05) is 7.11 Å². The molecule has 92 valence electrons. The van der Waals surface area contributed by atoms with E-state index < -0.39 is 0 Å². The van der Waals surface area contributed by atoms with Gasteiger partial charge in [0.15, 0.2) is 0 Å². The van der Waals surface area contributed by atoms with E-state index in [0.29, 0.717) is 0 Å². The minimum absolute atomic E-state index is 0. The highest BCUT2D eigenvalue weighted by Gasteiger charge is 1.85. The van der Waals surface area contributed by atoms with Gasteiger partial charge in [-0.2, -0.15) is 0 Å². The second-order valence-corrected chi connectivity index (χ2v) is 2.10. The molecular formula is C14H31N. The zero-order chi connectivity index (χ0) is 12.7. The Bertz CT molecular complexity index is 182. The Kier molecular flexibility index (Phi) is 24.4. The van der Waals surface area contributed by atoms with Crippen molar-refractivity contribution in [3.05, 3.63) is 29.8 Å². The first kappa shape index (κ1) is 19.6. The average molecular weight is 213 g/mol. The topological polar surface area (TPSA) is 26.0 Å². The van der Waals surface area contributed by atoms with Crippen LogP contribution >= 0.6 is 0 Å². The van der Waals surface area contributed by atoms with Crippen molar-refractivity contribution in [1.29, 1.82) is 0 Å². The van der Waals surface area contributed by atoms with Gasteiger partial charge in [-0.25, -0.2) is 0 Å². The Morgan fingerprint density at radius 2 is 1.20 bits per heavy atom. The van der Waals surface area contributed by atoms with Gasteiger partial charge in [0.2, 0.25) is 0 Å². The predicted molar refractivity (Wildman–Crippen MR) is 76.4 cm³/mol. The summed E-state index contributed by atoms with van der Waals surface area (Å²) < 4.78 is 0. The van der Waals surface area contributed by atoms with Crippen LogP contribution in [0.15, 0.2) is 24.3 Å². The van der Waals surface area contributed by atoms with E-state index in [4.69, 9.17) is 5.73 Å². The van der Waals surface area contributed by atoms with E-state index in [1.165, 1.54) is 5.56 Å². The summed E-state index contributed by atoms with van der Waals surface area (Å²) in [6, 6.07) is 7.96. The van der Waals surface area contributed by atoms with Crippen LogP contribution in [0.5, 0.6) is 0 Å². The quantitative estimate of drug-likeness (QED) is 0.641. The van der Waals surface area contributed by atoms with Gasteiger partial charge in [-0.1, -0.05) is 60.6 Å². The highest BCUT2D eigenvalue weighted by molar-refractivity contribution is 5.39. The van der Waals surface area contributed by atoms with Crippen LogP contribution in [-0.4, -0.2) is 0 Å². The van der Waals surface area contributed by atoms with E-state index in [2.05, 4.69) is 19.1 Å². The summed E-state index contributed by atoms with van der Waals surface area (Å²) in [6.45, 7) is 14.1. The fourth-order valence-electron chi connectivity index (χ4n) is 0.753. The standard InChI is InChI=1S/C8H11N.3C2H6.H2/c1-2-7-3-5-8(9)6-4-7;3*1-2;/h3-6H,2,9H2,1H3;3*1-2H3;1H. The molecule has 0 saturated heterocycles. The first-order valence-electron chi connectivity index (χ1n) is 6.17. The lowest BCUT2D eigenvalue weighted by Gasteiger charge is -1.94. The summed E-state index contributed by atoms with van der Waals surface area (Å²) >= 11 is 0. The maximum Gasteiger partial charge on any atom is 0.0314 e. The molecule has 0 heterocycles. The molecule has 1 rings (SSSR count). The molecule has 0 saturated carbocycles. The number of nitrogen functional groups attached to an aromatic ring is 1. The molecule has 0 radical (unpaired) electrons. The lowest BCUT2D eigenvalue weighted by Crippen LogP contribution is -1.84. The van der Waals surface area contributed by atoms with Gasteiger partial charge < -0.3 is 5.73 Å². The molecule has 1 heteroatoms. The molecule has 0 bridgehead atoms. The molecule has 0 atom stereocenters. The smallest absolute Gasteiger partial charge is 0.0314 e. The van der Waals surface area contributed by atoms with Gasteiger partial charge in [-0.3, -0.25) is 0 Å². The molecule has 0 aliphatic carbocycles. The maximum absolute atomic E-state index is 5.48. The molecule has 0 amide bonds. The Morgan fingerprint density at radius 3 is 1.47 bits per heavy atom. The molecule has 15 heavy (non-hydrogen) atoms. The summed E-state index contributed by atoms with van der Waals surface area (Å²) in [6.07, 6.45) is 1.08. The summed E-state index contributed by atoms with van der Waals surface area (Å²) in [5.74, 6) is 0. The van der Waals surface area contributed by atoms with E-state index >= 15 is 0 Å². The molecule has 0 fully saturated rings. The minimum Gasteiger partial charge on any atom is -0.399 e. The number of rotatable bonds is 1. The van der Waals surface area contributed by atoms with Gasteiger partial charge in [0.25, 0.3) is 0 Å². The number of aryl methyl sites for hydroxylation is 1. The van der Waals surface area contributed by atoms with Gasteiger partial charge in [0.05, 0.1) is 0 Å². The molecule has 0 aliphatic heterocycles. The summed E-state index contributed by atoms with van der Waals surface area (Å²) in [5, 5.41) is 0. The number of anilines is 1. The Balaban J connectivity index is -0.0000000900. The average Bonchev–Trinajstić information content (AvgIpc) is 2.38. The zero-order valence-electron chi connectivity index (χ0n) is 11.6. The van der Waals surface area contributed by atoms with Crippen LogP contribution in [0.1, 0.15) is 55.5 Å². The van der Waals surface area contributed by atoms with Crippen molar-refractivity contribution in [2.24, 2.45) is 0 Å². The highest BCUT2D eigenvalue weighted by atomic mass is 14.5. The predicted octanol–water partition coefficient (Wildman–Crippen LogP) is 5.16. The van der Waals surface area contributed by atoms with Crippen molar-refractivity contribution in [3.8, 4) is 0 Å². The molecule has 1 nitrogen and oxygen atoms in total. The van der Waals surface area contributed by atoms with E-state index in [0.717, 1.165) is 12.1 Å². The number of benzene rings is 1. The fourth-order valence-corrected chi connectivity index (χ4v) is 0.753. The second kappa shape index (κ2) is 18.7.